The van der Waals surface area contributed by atoms with Gasteiger partial charge >= 0.3 is 0 Å². The Morgan fingerprint density at radius 2 is 2.20 bits per heavy atom. The number of anilines is 1. The quantitative estimate of drug-likeness (QED) is 0.468. The third kappa shape index (κ3) is 5.79. The molecule has 0 amide bonds. The Kier molecular flexibility index (Phi) is 7.38. The molecule has 0 radical (unpaired) electrons. The normalized spacial score (nSPS) is 13.6. The first-order valence-corrected chi connectivity index (χ1v) is 7.60. The van der Waals surface area contributed by atoms with E-state index in [0.29, 0.717) is 10.9 Å². The van der Waals surface area contributed by atoms with Gasteiger partial charge in [0.05, 0.1) is 0 Å². The van der Waals surface area contributed by atoms with Crippen LogP contribution in [0.3, 0.4) is 0 Å². The Morgan fingerprint density at radius 1 is 1.45 bits per heavy atom. The second-order valence-corrected chi connectivity index (χ2v) is 5.70. The topological polar surface area (TPSA) is 24.4 Å². The molecule has 1 rings (SSSR count). The van der Waals surface area contributed by atoms with Crippen molar-refractivity contribution in [2.45, 2.75) is 45.7 Å². The van der Waals surface area contributed by atoms with Crippen molar-refractivity contribution in [1.82, 2.24) is 0 Å². The van der Waals surface area contributed by atoms with Crippen LogP contribution in [0.15, 0.2) is 41.4 Å². The van der Waals surface area contributed by atoms with Gasteiger partial charge in [-0.25, -0.2) is 0 Å². The van der Waals surface area contributed by atoms with E-state index >= 15 is 0 Å². The third-order valence-corrected chi connectivity index (χ3v) is 3.76. The van der Waals surface area contributed by atoms with Crippen molar-refractivity contribution in [1.29, 1.82) is 0 Å². The second kappa shape index (κ2) is 8.80. The van der Waals surface area contributed by atoms with Gasteiger partial charge in [-0.05, 0) is 37.3 Å². The molecule has 0 aromatic heterocycles. The molecule has 0 aliphatic carbocycles. The fraction of sp³-hybridized carbons (Fsp3) is 0.471. The Hall–Kier alpha value is -1.28. The lowest BCUT2D eigenvalue weighted by atomic mass is 9.93. The maximum absolute atomic E-state index is 5.98. The number of benzene rings is 1. The molecule has 2 nitrogen and oxygen atoms in total. The zero-order valence-electron chi connectivity index (χ0n) is 12.5. The van der Waals surface area contributed by atoms with Crippen molar-refractivity contribution >= 4 is 24.0 Å². The Labute approximate surface area is 128 Å². The number of nitrogens with one attached hydrogen (secondary N) is 1. The third-order valence-electron chi connectivity index (χ3n) is 3.52. The highest BCUT2D eigenvalue weighted by molar-refractivity contribution is 6.30. The summed E-state index contributed by atoms with van der Waals surface area (Å²) in [7, 11) is 0. The lowest BCUT2D eigenvalue weighted by molar-refractivity contribution is 0.543. The van der Waals surface area contributed by atoms with Gasteiger partial charge < -0.3 is 5.32 Å². The van der Waals surface area contributed by atoms with E-state index in [1.54, 1.807) is 0 Å². The zero-order chi connectivity index (χ0) is 15.0. The van der Waals surface area contributed by atoms with Gasteiger partial charge in [0.1, 0.15) is 6.17 Å². The van der Waals surface area contributed by atoms with Crippen LogP contribution >= 0.6 is 11.6 Å². The molecule has 1 N–H and O–H groups in total. The van der Waals surface area contributed by atoms with Crippen molar-refractivity contribution < 1.29 is 0 Å². The summed E-state index contributed by atoms with van der Waals surface area (Å²) in [5.74, 6) is 0.528. The fourth-order valence-electron chi connectivity index (χ4n) is 2.10. The Bertz CT molecular complexity index is 442. The van der Waals surface area contributed by atoms with E-state index < -0.39 is 0 Å². The van der Waals surface area contributed by atoms with Gasteiger partial charge in [0.25, 0.3) is 0 Å². The first-order valence-electron chi connectivity index (χ1n) is 7.22. The molecular formula is C17H25ClN2. The molecule has 0 aliphatic rings. The Balaban J connectivity index is 2.54. The minimum absolute atomic E-state index is 0.0509. The fourth-order valence-corrected chi connectivity index (χ4v) is 2.29. The molecule has 0 fully saturated rings. The van der Waals surface area contributed by atoms with Crippen molar-refractivity contribution in [3.8, 4) is 0 Å². The van der Waals surface area contributed by atoms with Crippen LogP contribution in [0.5, 0.6) is 0 Å². The predicted octanol–water partition coefficient (Wildman–Crippen LogP) is 5.55. The predicted molar refractivity (Wildman–Crippen MR) is 90.9 cm³/mol. The molecule has 1 aromatic carbocycles. The maximum atomic E-state index is 5.98. The van der Waals surface area contributed by atoms with Gasteiger partial charge in [-0.15, -0.1) is 0 Å². The van der Waals surface area contributed by atoms with E-state index in [4.69, 9.17) is 11.6 Å². The SMILES string of the molecule is C=NC(CC(=C)[C@@H](C)CCCC)Nc1cccc(Cl)c1. The molecule has 1 unspecified atom stereocenters. The lowest BCUT2D eigenvalue weighted by Crippen LogP contribution is -2.19. The second-order valence-electron chi connectivity index (χ2n) is 5.26. The zero-order valence-corrected chi connectivity index (χ0v) is 13.3. The van der Waals surface area contributed by atoms with E-state index in [9.17, 15) is 0 Å². The minimum Gasteiger partial charge on any atom is -0.364 e. The highest BCUT2D eigenvalue weighted by atomic mass is 35.5. The highest BCUT2D eigenvalue weighted by Gasteiger charge is 2.12. The number of hydrogen-bond acceptors (Lipinski definition) is 2. The van der Waals surface area contributed by atoms with Crippen LogP contribution in [-0.2, 0) is 0 Å². The van der Waals surface area contributed by atoms with Gasteiger partial charge in [-0.3, -0.25) is 4.99 Å². The van der Waals surface area contributed by atoms with Gasteiger partial charge in [-0.2, -0.15) is 0 Å². The van der Waals surface area contributed by atoms with E-state index in [2.05, 4.69) is 37.5 Å². The number of halogens is 1. The summed E-state index contributed by atoms with van der Waals surface area (Å²) in [6.45, 7) is 12.3. The average Bonchev–Trinajstić information content (AvgIpc) is 2.43. The summed E-state index contributed by atoms with van der Waals surface area (Å²) < 4.78 is 0. The largest absolute Gasteiger partial charge is 0.364 e. The molecule has 1 aromatic rings. The van der Waals surface area contributed by atoms with Gasteiger partial charge in [0.15, 0.2) is 0 Å². The molecule has 20 heavy (non-hydrogen) atoms. The number of hydrogen-bond donors (Lipinski definition) is 1. The minimum atomic E-state index is -0.0509. The first-order chi connectivity index (χ1) is 9.56. The summed E-state index contributed by atoms with van der Waals surface area (Å²) in [6, 6.07) is 7.65. The van der Waals surface area contributed by atoms with Crippen LogP contribution < -0.4 is 5.32 Å². The van der Waals surface area contributed by atoms with Crippen LogP contribution in [0.1, 0.15) is 39.5 Å². The van der Waals surface area contributed by atoms with E-state index in [-0.39, 0.29) is 6.17 Å². The van der Waals surface area contributed by atoms with Crippen LogP contribution in [0, 0.1) is 5.92 Å². The summed E-state index contributed by atoms with van der Waals surface area (Å²) >= 11 is 5.98. The standard InChI is InChI=1S/C17H25ClN2/c1-5-6-8-13(2)14(3)11-17(19-4)20-16-10-7-9-15(18)12-16/h7,9-10,12-13,17,20H,3-6,8,11H2,1-2H3/t13-,17?/m0/s1. The van der Waals surface area contributed by atoms with Gasteiger partial charge in [-0.1, -0.05) is 56.5 Å². The number of aliphatic imine (C=N–C) groups is 1. The summed E-state index contributed by atoms with van der Waals surface area (Å²) in [6.07, 6.45) is 4.41. The number of nitrogens with zero attached hydrogens (tertiary/aromatic N) is 1. The summed E-state index contributed by atoms with van der Waals surface area (Å²) in [5.41, 5.74) is 2.19. The van der Waals surface area contributed by atoms with Crippen molar-refractivity contribution in [3.63, 3.8) is 0 Å². The average molecular weight is 293 g/mol. The highest BCUT2D eigenvalue weighted by Crippen LogP contribution is 2.23. The number of rotatable bonds is 9. The monoisotopic (exact) mass is 292 g/mol. The molecule has 2 atom stereocenters. The van der Waals surface area contributed by atoms with Crippen LogP contribution in [0.25, 0.3) is 0 Å². The lowest BCUT2D eigenvalue weighted by Gasteiger charge is -2.20. The van der Waals surface area contributed by atoms with Crippen molar-refractivity contribution in [2.75, 3.05) is 5.32 Å². The molecule has 0 saturated heterocycles. The van der Waals surface area contributed by atoms with E-state index in [0.717, 1.165) is 12.1 Å². The van der Waals surface area contributed by atoms with Gasteiger partial charge in [0, 0.05) is 17.1 Å². The van der Waals surface area contributed by atoms with Crippen LogP contribution in [0.4, 0.5) is 5.69 Å². The smallest absolute Gasteiger partial charge is 0.121 e. The maximum Gasteiger partial charge on any atom is 0.121 e. The van der Waals surface area contributed by atoms with Crippen LogP contribution in [-0.4, -0.2) is 12.9 Å². The molecule has 0 heterocycles. The molecule has 0 saturated carbocycles. The van der Waals surface area contributed by atoms with E-state index in [1.807, 2.05) is 24.3 Å². The first kappa shape index (κ1) is 16.8. The van der Waals surface area contributed by atoms with Gasteiger partial charge in [0.2, 0.25) is 0 Å². The Morgan fingerprint density at radius 3 is 2.80 bits per heavy atom. The number of unbranched alkanes of at least 4 members (excludes halogenated alkanes) is 1. The molecule has 3 heteroatoms. The molecule has 0 bridgehead atoms. The molecular weight excluding hydrogens is 268 g/mol. The van der Waals surface area contributed by atoms with Crippen LogP contribution in [0.2, 0.25) is 5.02 Å². The van der Waals surface area contributed by atoms with Crippen molar-refractivity contribution in [2.24, 2.45) is 10.9 Å². The van der Waals surface area contributed by atoms with E-state index in [1.165, 1.54) is 24.8 Å². The van der Waals surface area contributed by atoms with Crippen molar-refractivity contribution in [3.05, 3.63) is 41.4 Å². The molecule has 0 aliphatic heterocycles. The summed E-state index contributed by atoms with van der Waals surface area (Å²) in [4.78, 5) is 4.15. The molecule has 110 valence electrons. The summed E-state index contributed by atoms with van der Waals surface area (Å²) in [5, 5.41) is 4.05. The molecule has 0 spiro atoms.